The maximum atomic E-state index is 5.54. The van der Waals surface area contributed by atoms with Gasteiger partial charge in [-0.15, -0.1) is 0 Å². The average Bonchev–Trinajstić information content (AvgIpc) is 2.99. The first kappa shape index (κ1) is 41.7. The van der Waals surface area contributed by atoms with Gasteiger partial charge < -0.3 is 0 Å². The summed E-state index contributed by atoms with van der Waals surface area (Å²) in [6, 6.07) is 41.2. The van der Waals surface area contributed by atoms with Crippen molar-refractivity contribution in [1.29, 1.82) is 0 Å². The van der Waals surface area contributed by atoms with Crippen LogP contribution in [0, 0.1) is 26.7 Å². The van der Waals surface area contributed by atoms with Gasteiger partial charge in [-0.25, -0.2) is 0 Å². The summed E-state index contributed by atoms with van der Waals surface area (Å²) in [5.41, 5.74) is 0. The summed E-state index contributed by atoms with van der Waals surface area (Å²) in [6.45, 7) is 18.5. The molecule has 2 radical (unpaired) electrons. The van der Waals surface area contributed by atoms with E-state index in [0.29, 0.717) is 0 Å². The molecule has 0 N–H and O–H groups in total. The summed E-state index contributed by atoms with van der Waals surface area (Å²) < 4.78 is 1.62. The van der Waals surface area contributed by atoms with Crippen LogP contribution in [-0.4, -0.2) is 46.6 Å². The van der Waals surface area contributed by atoms with Crippen molar-refractivity contribution in [3.63, 3.8) is 0 Å². The van der Waals surface area contributed by atoms with Crippen molar-refractivity contribution in [2.75, 3.05) is 28.2 Å². The van der Waals surface area contributed by atoms with Crippen LogP contribution in [0.4, 0.5) is 0 Å². The topological polar surface area (TPSA) is 6.48 Å². The third-order valence-corrected chi connectivity index (χ3v) is 22.8. The predicted molar refractivity (Wildman–Crippen MR) is 207 cm³/mol. The van der Waals surface area contributed by atoms with E-state index in [4.69, 9.17) is 24.4 Å². The van der Waals surface area contributed by atoms with Crippen molar-refractivity contribution in [3.8, 4) is 0 Å². The Hall–Kier alpha value is -0.299. The second-order valence-corrected chi connectivity index (χ2v) is 27.2. The van der Waals surface area contributed by atoms with Crippen molar-refractivity contribution in [2.24, 2.45) is 0 Å². The molecule has 0 fully saturated rings. The minimum atomic E-state index is -2.89. The van der Waals surface area contributed by atoms with E-state index < -0.39 is 11.6 Å². The van der Waals surface area contributed by atoms with Gasteiger partial charge in [-0.3, -0.25) is 0 Å². The average molecular weight is 1060 g/mol. The molecule has 0 bridgehead atoms. The molecule has 0 aromatic heterocycles. The molecule has 0 atom stereocenters. The van der Waals surface area contributed by atoms with E-state index in [9.17, 15) is 0 Å². The van der Waals surface area contributed by atoms with Crippen molar-refractivity contribution < 1.29 is 44.8 Å². The van der Waals surface area contributed by atoms with Gasteiger partial charge >= 0.3 is 275 Å². The Morgan fingerprint density at radius 3 is 0.795 bits per heavy atom. The Bertz CT molecular complexity index is 1290. The second kappa shape index (κ2) is 17.2. The Balaban J connectivity index is 0.000000421. The second-order valence-electron chi connectivity index (χ2n) is 10.7. The van der Waals surface area contributed by atoms with Crippen LogP contribution in [0.1, 0.15) is 0 Å². The molecule has 0 aliphatic heterocycles. The van der Waals surface area contributed by atoms with E-state index >= 15 is 0 Å². The summed E-state index contributed by atoms with van der Waals surface area (Å²) in [6.07, 6.45) is 0. The van der Waals surface area contributed by atoms with Gasteiger partial charge in [0.1, 0.15) is 0 Å². The van der Waals surface area contributed by atoms with Gasteiger partial charge in [0.15, 0.2) is 0 Å². The molecule has 0 aliphatic rings. The first-order chi connectivity index (χ1) is 19.7. The Morgan fingerprint density at radius 1 is 0.455 bits per heavy atom. The fourth-order valence-corrected chi connectivity index (χ4v) is 18.9. The molecule has 4 aromatic rings. The number of rotatable bonds is 6. The van der Waals surface area contributed by atoms with E-state index in [0.717, 1.165) is 29.9 Å². The summed E-state index contributed by atoms with van der Waals surface area (Å²) in [7, 11) is 7.84. The Kier molecular flexibility index (Phi) is 16.3. The molecular formula is C34H40Au2N2P2S4-4. The quantitative estimate of drug-likeness (QED) is 0.0822. The standard InChI is InChI=1S/2C17H20NPS2.2Au/c2*1-18(2)17(20)21-19(3,4,15-11-7-5-8-12-15)16-13-9-6-10-14-16;;/h2*5-14H,3-4H2,1-2H3;;/q2*-2;;. The van der Waals surface area contributed by atoms with Gasteiger partial charge in [-0.2, -0.15) is 0 Å². The molecule has 0 saturated carbocycles. The van der Waals surface area contributed by atoms with E-state index in [1.54, 1.807) is 22.8 Å². The summed E-state index contributed by atoms with van der Waals surface area (Å²) in [5.74, 6) is -5.77. The monoisotopic (exact) mass is 1060 g/mol. The number of nitrogens with zero attached hydrogens (tertiary/aromatic N) is 2. The zero-order chi connectivity index (χ0) is 31.1. The van der Waals surface area contributed by atoms with Crippen LogP contribution in [0.15, 0.2) is 121 Å². The molecule has 4 rings (SSSR count). The maximum absolute atomic E-state index is 5.54. The molecule has 2 nitrogen and oxygen atoms in total. The number of hydrogen-bond acceptors (Lipinski definition) is 4. The van der Waals surface area contributed by atoms with Gasteiger partial charge in [0, 0.05) is 44.8 Å². The normalized spacial score (nSPS) is 12.6. The summed E-state index contributed by atoms with van der Waals surface area (Å²) >= 11 is 14.3. The van der Waals surface area contributed by atoms with E-state index in [-0.39, 0.29) is 44.8 Å². The van der Waals surface area contributed by atoms with Crippen LogP contribution in [0.3, 0.4) is 0 Å². The molecule has 0 amide bonds. The van der Waals surface area contributed by atoms with Gasteiger partial charge in [0.25, 0.3) is 0 Å². The van der Waals surface area contributed by atoms with Crippen molar-refractivity contribution in [3.05, 3.63) is 148 Å². The van der Waals surface area contributed by atoms with Gasteiger partial charge in [-0.05, 0) is 0 Å². The Morgan fingerprint density at radius 2 is 0.636 bits per heavy atom. The predicted octanol–water partition coefficient (Wildman–Crippen LogP) is 8.53. The fraction of sp³-hybridized carbons (Fsp3) is 0.118. The minimum absolute atomic E-state index is 0. The zero-order valence-corrected chi connectivity index (χ0v) is 34.8. The number of benzene rings is 4. The van der Waals surface area contributed by atoms with Gasteiger partial charge in [0.2, 0.25) is 0 Å². The molecule has 4 aromatic carbocycles. The summed E-state index contributed by atoms with van der Waals surface area (Å²) in [5, 5.41) is 4.63. The third-order valence-electron chi connectivity index (χ3n) is 6.75. The molecule has 0 saturated heterocycles. The third kappa shape index (κ3) is 9.86. The van der Waals surface area contributed by atoms with E-state index in [1.807, 2.05) is 111 Å². The van der Waals surface area contributed by atoms with Crippen LogP contribution in [0.2, 0.25) is 0 Å². The number of hydrogen-bond donors (Lipinski definition) is 0. The Labute approximate surface area is 316 Å². The molecule has 44 heavy (non-hydrogen) atoms. The van der Waals surface area contributed by atoms with Crippen LogP contribution in [0.25, 0.3) is 0 Å². The van der Waals surface area contributed by atoms with E-state index in [1.165, 1.54) is 0 Å². The van der Waals surface area contributed by atoms with Gasteiger partial charge in [-0.1, -0.05) is 0 Å². The molecule has 0 aliphatic carbocycles. The fourth-order valence-electron chi connectivity index (χ4n) is 4.15. The first-order valence-corrected chi connectivity index (χ1v) is 22.1. The molecule has 246 valence electrons. The molecule has 10 heteroatoms. The molecule has 0 heterocycles. The van der Waals surface area contributed by atoms with E-state index in [2.05, 4.69) is 75.2 Å². The van der Waals surface area contributed by atoms with Crippen LogP contribution >= 0.6 is 58.8 Å². The SMILES string of the molecule is [Au].[Au].[CH2-]P([CH2-])(SC(=S)N(C)C)(c1ccccc1)c1ccccc1.[CH2-]P([CH2-])(SC(=S)N(C)C)(c1ccccc1)c1ccccc1. The number of thiocarbonyl (C=S) groups is 2. The first-order valence-electron chi connectivity index (χ1n) is 13.2. The van der Waals surface area contributed by atoms with Crippen LogP contribution in [0.5, 0.6) is 0 Å². The van der Waals surface area contributed by atoms with Crippen LogP contribution in [-0.2, 0) is 44.8 Å². The molecular weight excluding hydrogens is 1020 g/mol. The van der Waals surface area contributed by atoms with Gasteiger partial charge in [0.05, 0.1) is 0 Å². The van der Waals surface area contributed by atoms with Crippen molar-refractivity contribution in [2.45, 2.75) is 0 Å². The summed E-state index contributed by atoms with van der Waals surface area (Å²) in [4.78, 5) is 3.90. The van der Waals surface area contributed by atoms with Crippen LogP contribution < -0.4 is 21.2 Å². The zero-order valence-electron chi connectivity index (χ0n) is 25.4. The van der Waals surface area contributed by atoms with Crippen molar-refractivity contribution in [1.82, 2.24) is 9.80 Å². The molecule has 0 unspecified atom stereocenters. The van der Waals surface area contributed by atoms with Crippen molar-refractivity contribution >= 4 is 88.7 Å². The molecule has 0 spiro atoms.